The van der Waals surface area contributed by atoms with E-state index in [1.165, 1.54) is 32.6 Å². The van der Waals surface area contributed by atoms with Crippen LogP contribution in [-0.4, -0.2) is 91.9 Å². The van der Waals surface area contributed by atoms with Gasteiger partial charge in [0.25, 0.3) is 5.91 Å². The highest BCUT2D eigenvalue weighted by Crippen LogP contribution is 2.44. The number of aliphatic hydroxyl groups is 1. The van der Waals surface area contributed by atoms with Crippen molar-refractivity contribution in [2.24, 2.45) is 22.6 Å². The lowest BCUT2D eigenvalue weighted by Crippen LogP contribution is -2.37. The second-order valence-electron chi connectivity index (χ2n) is 11.1. The largest absolute Gasteiger partial charge is 0.506 e. The number of phenols is 2. The van der Waals surface area contributed by atoms with E-state index in [4.69, 9.17) is 19.9 Å². The third-order valence-electron chi connectivity index (χ3n) is 7.53. The average Bonchev–Trinajstić information content (AvgIpc) is 2.99. The van der Waals surface area contributed by atoms with Crippen LogP contribution < -0.4 is 16.4 Å². The number of hydrogen-bond donors (Lipinski definition) is 6. The second-order valence-corrected chi connectivity index (χ2v) is 11.1. The first-order valence-electron chi connectivity index (χ1n) is 14.8. The van der Waals surface area contributed by atoms with E-state index in [0.29, 0.717) is 12.0 Å². The van der Waals surface area contributed by atoms with Gasteiger partial charge in [-0.15, -0.1) is 0 Å². The Balaban J connectivity index is 2.65. The summed E-state index contributed by atoms with van der Waals surface area (Å²) in [6, 6.07) is 1.21. The average molecular weight is 634 g/mol. The Kier molecular flexibility index (Phi) is 15.2. The molecule has 1 aromatic carbocycles. The number of fused-ring (bicyclic) bond motifs is 2. The summed E-state index contributed by atoms with van der Waals surface area (Å²) in [6.45, 7) is 6.80. The zero-order valence-electron chi connectivity index (χ0n) is 26.7. The van der Waals surface area contributed by atoms with Crippen molar-refractivity contribution in [1.29, 1.82) is 0 Å². The highest BCUT2D eigenvalue weighted by Gasteiger charge is 2.30. The Hall–Kier alpha value is -3.78. The predicted molar refractivity (Wildman–Crippen MR) is 171 cm³/mol. The summed E-state index contributed by atoms with van der Waals surface area (Å²) in [6.07, 6.45) is 4.09. The lowest BCUT2D eigenvalue weighted by molar-refractivity contribution is -0.112. The number of carbonyl (C=O) groups excluding carboxylic acids is 2. The van der Waals surface area contributed by atoms with E-state index in [2.05, 4.69) is 15.6 Å². The van der Waals surface area contributed by atoms with Gasteiger partial charge in [0.1, 0.15) is 30.0 Å². The van der Waals surface area contributed by atoms with E-state index >= 15 is 0 Å². The molecule has 0 fully saturated rings. The molecule has 6 atom stereocenters. The van der Waals surface area contributed by atoms with Gasteiger partial charge in [-0.3, -0.25) is 9.79 Å². The first kappa shape index (κ1) is 37.4. The first-order valence-corrected chi connectivity index (χ1v) is 14.8. The molecule has 2 bridgehead atoms. The molecule has 0 unspecified atom stereocenters. The Bertz CT molecular complexity index is 1280. The molecule has 1 aliphatic heterocycles. The van der Waals surface area contributed by atoms with Gasteiger partial charge in [-0.2, -0.15) is 0 Å². The lowest BCUT2D eigenvalue weighted by Gasteiger charge is -2.29. The van der Waals surface area contributed by atoms with Gasteiger partial charge in [0.2, 0.25) is 0 Å². The number of halogens is 1. The summed E-state index contributed by atoms with van der Waals surface area (Å²) in [7, 11) is 2.92. The Labute approximate surface area is 263 Å². The minimum Gasteiger partial charge on any atom is -0.506 e. The van der Waals surface area contributed by atoms with Crippen LogP contribution in [0, 0.1) is 11.8 Å². The topological polar surface area (TPSA) is 185 Å². The van der Waals surface area contributed by atoms with Gasteiger partial charge >= 0.3 is 6.09 Å². The summed E-state index contributed by atoms with van der Waals surface area (Å²) >= 11 is 0. The fourth-order valence-corrected chi connectivity index (χ4v) is 5.11. The molecule has 2 amide bonds. The van der Waals surface area contributed by atoms with Crippen LogP contribution in [0.3, 0.4) is 0 Å². The third-order valence-corrected chi connectivity index (χ3v) is 7.53. The number of benzene rings is 1. The molecule has 0 aromatic heterocycles. The maximum atomic E-state index is 13.1. The maximum absolute atomic E-state index is 13.1. The van der Waals surface area contributed by atoms with Crippen LogP contribution in [0.5, 0.6) is 11.5 Å². The van der Waals surface area contributed by atoms with E-state index in [9.17, 15) is 29.3 Å². The van der Waals surface area contributed by atoms with Crippen molar-refractivity contribution in [2.75, 3.05) is 39.3 Å². The number of aliphatic hydroxyl groups excluding tert-OH is 1. The molecule has 0 spiro atoms. The number of nitrogens with one attached hydrogen (secondary N) is 2. The second kappa shape index (κ2) is 18.3. The molecule has 13 heteroatoms. The Morgan fingerprint density at radius 1 is 1.24 bits per heavy atom. The van der Waals surface area contributed by atoms with Crippen LogP contribution in [0.4, 0.5) is 20.6 Å². The molecule has 0 radical (unpaired) electrons. The van der Waals surface area contributed by atoms with E-state index in [-0.39, 0.29) is 59.4 Å². The van der Waals surface area contributed by atoms with Gasteiger partial charge in [0.05, 0.1) is 17.9 Å². The number of nitrogens with two attached hydrogens (primary N) is 1. The van der Waals surface area contributed by atoms with Gasteiger partial charge in [0.15, 0.2) is 6.10 Å². The number of nitrogens with zero attached hydrogens (tertiary/aromatic N) is 1. The molecule has 1 aromatic rings. The highest BCUT2D eigenvalue weighted by molar-refractivity contribution is 6.04. The Morgan fingerprint density at radius 2 is 1.96 bits per heavy atom. The molecular weight excluding hydrogens is 586 g/mol. The number of anilines is 1. The predicted octanol–water partition coefficient (Wildman–Crippen LogP) is 3.82. The minimum atomic E-state index is -1.01. The van der Waals surface area contributed by atoms with E-state index in [1.807, 2.05) is 6.92 Å². The number of ether oxygens (including phenoxy) is 3. The zero-order valence-corrected chi connectivity index (χ0v) is 26.7. The van der Waals surface area contributed by atoms with Crippen molar-refractivity contribution < 1.29 is 43.5 Å². The number of rotatable bonds is 8. The van der Waals surface area contributed by atoms with Crippen LogP contribution >= 0.6 is 0 Å². The number of primary amides is 1. The summed E-state index contributed by atoms with van der Waals surface area (Å²) < 4.78 is 29.1. The molecule has 0 aliphatic carbocycles. The van der Waals surface area contributed by atoms with Crippen molar-refractivity contribution in [3.8, 4) is 11.5 Å². The number of carbonyl (C=O) groups is 2. The minimum absolute atomic E-state index is 0.0229. The van der Waals surface area contributed by atoms with Gasteiger partial charge in [-0.05, 0) is 38.2 Å². The van der Waals surface area contributed by atoms with E-state index in [0.717, 1.165) is 0 Å². The number of alkyl halides is 1. The molecule has 1 heterocycles. The number of allylic oxidation sites excluding steroid dienone is 2. The zero-order chi connectivity index (χ0) is 33.7. The van der Waals surface area contributed by atoms with Crippen LogP contribution in [0.15, 0.2) is 46.5 Å². The number of methoxy groups -OCH3 is 2. The fourth-order valence-electron chi connectivity index (χ4n) is 5.11. The van der Waals surface area contributed by atoms with Crippen molar-refractivity contribution in [3.05, 3.63) is 47.1 Å². The molecule has 250 valence electrons. The summed E-state index contributed by atoms with van der Waals surface area (Å²) in [5, 5.41) is 39.0. The summed E-state index contributed by atoms with van der Waals surface area (Å²) in [5.74, 6) is -1.77. The van der Waals surface area contributed by atoms with Crippen LogP contribution in [0.2, 0.25) is 0 Å². The normalized spacial score (nSPS) is 25.5. The van der Waals surface area contributed by atoms with E-state index in [1.54, 1.807) is 39.0 Å². The maximum Gasteiger partial charge on any atom is 0.405 e. The molecule has 7 N–H and O–H groups in total. The molecule has 0 saturated carbocycles. The molecule has 0 saturated heterocycles. The fraction of sp³-hybridized carbons (Fsp3) is 0.531. The monoisotopic (exact) mass is 633 g/mol. The third kappa shape index (κ3) is 11.0. The quantitative estimate of drug-likeness (QED) is 0.0814. The number of amides is 2. The number of phenolic OH excluding ortho intramolecular Hbond substituents is 2. The molecule has 45 heavy (non-hydrogen) atoms. The van der Waals surface area contributed by atoms with E-state index < -0.39 is 49.0 Å². The van der Waals surface area contributed by atoms with Crippen molar-refractivity contribution in [1.82, 2.24) is 5.32 Å². The molecule has 1 aliphatic rings. The molecule has 12 nitrogen and oxygen atoms in total. The summed E-state index contributed by atoms with van der Waals surface area (Å²) in [5.41, 5.74) is 6.55. The lowest BCUT2D eigenvalue weighted by atomic mass is 9.87. The smallest absolute Gasteiger partial charge is 0.405 e. The van der Waals surface area contributed by atoms with Crippen LogP contribution in [-0.2, 0) is 25.4 Å². The van der Waals surface area contributed by atoms with Gasteiger partial charge in [-0.25, -0.2) is 9.18 Å². The number of aromatic hydroxyl groups is 2. The van der Waals surface area contributed by atoms with Gasteiger partial charge < -0.3 is 45.9 Å². The first-order chi connectivity index (χ1) is 21.3. The number of aliphatic imine (C=N–C) groups is 1. The Morgan fingerprint density at radius 3 is 2.58 bits per heavy atom. The van der Waals surface area contributed by atoms with Crippen LogP contribution in [0.25, 0.3) is 0 Å². The molecule has 2 rings (SSSR count). The number of hydrogen-bond acceptors (Lipinski definition) is 10. The van der Waals surface area contributed by atoms with Crippen LogP contribution in [0.1, 0.15) is 39.7 Å². The van der Waals surface area contributed by atoms with Gasteiger partial charge in [0, 0.05) is 56.6 Å². The van der Waals surface area contributed by atoms with Gasteiger partial charge in [-0.1, -0.05) is 38.2 Å². The summed E-state index contributed by atoms with van der Waals surface area (Å²) in [4.78, 5) is 29.2. The molecular formula is C32H47FN4O8. The van der Waals surface area contributed by atoms with Crippen molar-refractivity contribution in [3.63, 3.8) is 0 Å². The standard InChI is InChI=1S/C32H47FN4O8/c1-18-14-22-27(36-13-12-35-11-10-33)24(38)17-23(29(22)40)37-31(41)19(2)8-7-9-25(43-5)30(45-32(34)42)21(4)16-20(3)28(39)26(15-18)44-6/h7-9,13,16-18,20,25-26,28,30,35,38-40H,10-12,14-15H2,1-6H3,(H2,34,42)(H,37,41)/t18-,20+,25+,26+,28-,30+/m1/s1/i33-1. The SMILES string of the molecule is CO[C@H]1C=CC=C(C)C(=O)Nc2cc(O)c(N=CCNCC[18F])c(c2O)C[C@@H](C)C[C@H](OC)[C@H](O)[C@@H](C)C=C(C)[C@@H]1OC(N)=O. The van der Waals surface area contributed by atoms with Crippen molar-refractivity contribution >= 4 is 29.6 Å². The van der Waals surface area contributed by atoms with Crippen molar-refractivity contribution in [2.45, 2.75) is 65.0 Å². The highest BCUT2D eigenvalue weighted by atomic mass is 18.2.